The van der Waals surface area contributed by atoms with Gasteiger partial charge in [0.2, 0.25) is 0 Å². The van der Waals surface area contributed by atoms with Gasteiger partial charge < -0.3 is 14.8 Å². The Morgan fingerprint density at radius 2 is 1.71 bits per heavy atom. The summed E-state index contributed by atoms with van der Waals surface area (Å²) in [5.74, 6) is -0.0913. The zero-order valence-corrected chi connectivity index (χ0v) is 18.8. The first-order chi connectivity index (χ1) is 14.9. The standard InChI is InChI=1S/C21H17Cl2N3O4S/c1-29-15-4-3-5-16(30-2)19(15)20(27)26-21(28)25-13-7-9-18(24-11-13)31-17-8-6-12(22)10-14(17)23/h3-11H,1-2H3,(H2,25,26,27,28). The second-order valence-electron chi connectivity index (χ2n) is 6.01. The number of urea groups is 1. The highest BCUT2D eigenvalue weighted by atomic mass is 35.5. The molecule has 0 bridgehead atoms. The van der Waals surface area contributed by atoms with Gasteiger partial charge in [-0.2, -0.15) is 0 Å². The van der Waals surface area contributed by atoms with Gasteiger partial charge in [-0.05, 0) is 42.5 Å². The number of benzene rings is 2. The molecule has 2 aromatic carbocycles. The van der Waals surface area contributed by atoms with E-state index in [9.17, 15) is 9.59 Å². The van der Waals surface area contributed by atoms with E-state index in [1.54, 1.807) is 48.5 Å². The van der Waals surface area contributed by atoms with Crippen molar-refractivity contribution in [2.75, 3.05) is 19.5 Å². The Labute approximate surface area is 193 Å². The van der Waals surface area contributed by atoms with Crippen LogP contribution in [0.25, 0.3) is 0 Å². The first-order valence-corrected chi connectivity index (χ1v) is 10.4. The Kier molecular flexibility index (Phi) is 7.62. The minimum absolute atomic E-state index is 0.118. The number of hydrogen-bond acceptors (Lipinski definition) is 6. The summed E-state index contributed by atoms with van der Waals surface area (Å²) >= 11 is 13.4. The van der Waals surface area contributed by atoms with E-state index < -0.39 is 11.9 Å². The van der Waals surface area contributed by atoms with E-state index in [4.69, 9.17) is 32.7 Å². The van der Waals surface area contributed by atoms with Crippen LogP contribution in [0, 0.1) is 0 Å². The molecule has 160 valence electrons. The summed E-state index contributed by atoms with van der Waals surface area (Å²) in [6.45, 7) is 0. The van der Waals surface area contributed by atoms with Crippen LogP contribution in [0.3, 0.4) is 0 Å². The Morgan fingerprint density at radius 3 is 2.29 bits per heavy atom. The Morgan fingerprint density at radius 1 is 1.00 bits per heavy atom. The molecule has 3 aromatic rings. The van der Waals surface area contributed by atoms with Crippen LogP contribution >= 0.6 is 35.0 Å². The highest BCUT2D eigenvalue weighted by Crippen LogP contribution is 2.34. The molecule has 0 atom stereocenters. The first kappa shape index (κ1) is 22.7. The third kappa shape index (κ3) is 5.81. The van der Waals surface area contributed by atoms with Crippen LogP contribution in [0.5, 0.6) is 11.5 Å². The van der Waals surface area contributed by atoms with Crippen molar-refractivity contribution in [3.63, 3.8) is 0 Å². The number of nitrogens with one attached hydrogen (secondary N) is 2. The number of rotatable bonds is 6. The van der Waals surface area contributed by atoms with Crippen molar-refractivity contribution >= 4 is 52.6 Å². The normalized spacial score (nSPS) is 10.3. The molecule has 0 aliphatic rings. The summed E-state index contributed by atoms with van der Waals surface area (Å²) in [6, 6.07) is 12.7. The lowest BCUT2D eigenvalue weighted by Gasteiger charge is -2.13. The molecule has 1 aromatic heterocycles. The number of aromatic nitrogens is 1. The molecule has 3 amide bonds. The van der Waals surface area contributed by atoms with Crippen molar-refractivity contribution in [2.45, 2.75) is 9.92 Å². The number of hydrogen-bond donors (Lipinski definition) is 2. The van der Waals surface area contributed by atoms with Crippen LogP contribution in [0.15, 0.2) is 64.6 Å². The van der Waals surface area contributed by atoms with Gasteiger partial charge in [-0.15, -0.1) is 0 Å². The smallest absolute Gasteiger partial charge is 0.326 e. The van der Waals surface area contributed by atoms with Gasteiger partial charge in [-0.25, -0.2) is 9.78 Å². The van der Waals surface area contributed by atoms with Crippen molar-refractivity contribution in [3.8, 4) is 11.5 Å². The first-order valence-electron chi connectivity index (χ1n) is 8.83. The molecule has 0 aliphatic heterocycles. The molecule has 0 saturated carbocycles. The van der Waals surface area contributed by atoms with Crippen LogP contribution in [0.2, 0.25) is 10.0 Å². The molecule has 0 spiro atoms. The van der Waals surface area contributed by atoms with Crippen LogP contribution in [0.4, 0.5) is 10.5 Å². The van der Waals surface area contributed by atoms with E-state index in [0.717, 1.165) is 4.90 Å². The van der Waals surface area contributed by atoms with Gasteiger partial charge in [0.05, 0.1) is 31.1 Å². The minimum atomic E-state index is -0.721. The molecule has 2 N–H and O–H groups in total. The number of halogens is 2. The number of methoxy groups -OCH3 is 2. The number of ether oxygens (including phenoxy) is 2. The summed E-state index contributed by atoms with van der Waals surface area (Å²) in [5, 5.41) is 6.55. The van der Waals surface area contributed by atoms with Crippen LogP contribution in [-0.4, -0.2) is 31.1 Å². The Hall–Kier alpha value is -2.94. The molecule has 0 saturated heterocycles. The summed E-state index contributed by atoms with van der Waals surface area (Å²) in [5.41, 5.74) is 0.524. The molecule has 10 heteroatoms. The highest BCUT2D eigenvalue weighted by molar-refractivity contribution is 7.99. The molecule has 7 nitrogen and oxygen atoms in total. The van der Waals surface area contributed by atoms with Crippen LogP contribution in [0.1, 0.15) is 10.4 Å². The van der Waals surface area contributed by atoms with E-state index in [1.807, 2.05) is 0 Å². The molecule has 0 aliphatic carbocycles. The highest BCUT2D eigenvalue weighted by Gasteiger charge is 2.20. The quantitative estimate of drug-likeness (QED) is 0.485. The predicted molar refractivity (Wildman–Crippen MR) is 121 cm³/mol. The topological polar surface area (TPSA) is 89.5 Å². The van der Waals surface area contributed by atoms with E-state index in [-0.39, 0.29) is 17.1 Å². The molecule has 0 unspecified atom stereocenters. The van der Waals surface area contributed by atoms with E-state index in [1.165, 1.54) is 32.2 Å². The van der Waals surface area contributed by atoms with Gasteiger partial charge in [0, 0.05) is 9.92 Å². The van der Waals surface area contributed by atoms with Gasteiger partial charge in [0.15, 0.2) is 0 Å². The number of nitrogens with zero attached hydrogens (tertiary/aromatic N) is 1. The fourth-order valence-electron chi connectivity index (χ4n) is 2.59. The van der Waals surface area contributed by atoms with Gasteiger partial charge in [-0.1, -0.05) is 41.0 Å². The number of carbonyl (C=O) groups excluding carboxylic acids is 2. The lowest BCUT2D eigenvalue weighted by atomic mass is 10.1. The van der Waals surface area contributed by atoms with Crippen LogP contribution in [-0.2, 0) is 0 Å². The molecule has 31 heavy (non-hydrogen) atoms. The maximum atomic E-state index is 12.5. The van der Waals surface area contributed by atoms with Gasteiger partial charge in [0.25, 0.3) is 5.91 Å². The van der Waals surface area contributed by atoms with E-state index >= 15 is 0 Å². The summed E-state index contributed by atoms with van der Waals surface area (Å²) < 4.78 is 10.4. The maximum Gasteiger partial charge on any atom is 0.326 e. The number of pyridine rings is 1. The molecular weight excluding hydrogens is 461 g/mol. The number of amides is 3. The van der Waals surface area contributed by atoms with Crippen molar-refractivity contribution < 1.29 is 19.1 Å². The van der Waals surface area contributed by atoms with Crippen molar-refractivity contribution in [1.82, 2.24) is 10.3 Å². The maximum absolute atomic E-state index is 12.5. The largest absolute Gasteiger partial charge is 0.496 e. The number of carbonyl (C=O) groups is 2. The number of imide groups is 1. The van der Waals surface area contributed by atoms with Gasteiger partial charge in [-0.3, -0.25) is 10.1 Å². The minimum Gasteiger partial charge on any atom is -0.496 e. The third-order valence-corrected chi connectivity index (χ3v) is 5.67. The van der Waals surface area contributed by atoms with Gasteiger partial charge in [0.1, 0.15) is 22.1 Å². The SMILES string of the molecule is COc1cccc(OC)c1C(=O)NC(=O)Nc1ccc(Sc2ccc(Cl)cc2Cl)nc1. The van der Waals surface area contributed by atoms with Crippen molar-refractivity contribution in [1.29, 1.82) is 0 Å². The van der Waals surface area contributed by atoms with Crippen molar-refractivity contribution in [2.24, 2.45) is 0 Å². The zero-order valence-electron chi connectivity index (χ0n) is 16.4. The summed E-state index contributed by atoms with van der Waals surface area (Å²) in [6.07, 6.45) is 1.47. The fraction of sp³-hybridized carbons (Fsp3) is 0.0952. The Balaban J connectivity index is 1.64. The lowest BCUT2D eigenvalue weighted by Crippen LogP contribution is -2.34. The second kappa shape index (κ2) is 10.4. The summed E-state index contributed by atoms with van der Waals surface area (Å²) in [4.78, 5) is 29.9. The lowest BCUT2D eigenvalue weighted by molar-refractivity contribution is 0.0961. The van der Waals surface area contributed by atoms with E-state index in [0.29, 0.717) is 20.8 Å². The van der Waals surface area contributed by atoms with Gasteiger partial charge >= 0.3 is 6.03 Å². The Bertz CT molecular complexity index is 1090. The van der Waals surface area contributed by atoms with Crippen molar-refractivity contribution in [3.05, 3.63) is 70.3 Å². The zero-order chi connectivity index (χ0) is 22.4. The van der Waals surface area contributed by atoms with E-state index in [2.05, 4.69) is 15.6 Å². The molecular formula is C21H17Cl2N3O4S. The third-order valence-electron chi connectivity index (χ3n) is 3.98. The molecule has 1 heterocycles. The monoisotopic (exact) mass is 477 g/mol. The number of anilines is 1. The predicted octanol–water partition coefficient (Wildman–Crippen LogP) is 5.52. The second-order valence-corrected chi connectivity index (χ2v) is 7.91. The molecule has 3 rings (SSSR count). The van der Waals surface area contributed by atoms with Crippen LogP contribution < -0.4 is 20.1 Å². The average molecular weight is 478 g/mol. The molecule has 0 fully saturated rings. The fourth-order valence-corrected chi connectivity index (χ4v) is 3.87. The average Bonchev–Trinajstić information content (AvgIpc) is 2.76. The summed E-state index contributed by atoms with van der Waals surface area (Å²) in [7, 11) is 2.85. The molecule has 0 radical (unpaired) electrons.